The largest absolute Gasteiger partial charge is 0.507 e. The molecule has 0 bridgehead atoms. The summed E-state index contributed by atoms with van der Waals surface area (Å²) in [5.41, 5.74) is 2.52. The summed E-state index contributed by atoms with van der Waals surface area (Å²) in [4.78, 5) is 11.2. The number of para-hydroxylation sites is 2. The molecule has 0 saturated heterocycles. The first-order valence-corrected chi connectivity index (χ1v) is 9.74. The van der Waals surface area contributed by atoms with Gasteiger partial charge in [0, 0.05) is 18.1 Å². The summed E-state index contributed by atoms with van der Waals surface area (Å²) in [6.45, 7) is 1.32. The van der Waals surface area contributed by atoms with Gasteiger partial charge in [0.05, 0.1) is 5.69 Å². The van der Waals surface area contributed by atoms with Gasteiger partial charge in [-0.1, -0.05) is 54.6 Å². The third-order valence-corrected chi connectivity index (χ3v) is 4.77. The summed E-state index contributed by atoms with van der Waals surface area (Å²) in [6, 6.07) is 26.6. The zero-order valence-corrected chi connectivity index (χ0v) is 16.8. The number of phenolic OH excluding ortho intramolecular Hbond substituents is 1. The number of hydrogen-bond donors (Lipinski definition) is 2. The van der Waals surface area contributed by atoms with Gasteiger partial charge in [0.2, 0.25) is 5.91 Å². The number of nitrogens with one attached hydrogen (secondary N) is 1. The quantitative estimate of drug-likeness (QED) is 0.387. The van der Waals surface area contributed by atoms with E-state index in [1.165, 1.54) is 19.1 Å². The van der Waals surface area contributed by atoms with E-state index in [9.17, 15) is 14.3 Å². The Balaban J connectivity index is 1.62. The van der Waals surface area contributed by atoms with Crippen LogP contribution >= 0.6 is 0 Å². The summed E-state index contributed by atoms with van der Waals surface area (Å²) in [5, 5.41) is 13.3. The molecule has 0 aliphatic rings. The van der Waals surface area contributed by atoms with Crippen molar-refractivity contribution < 1.29 is 19.0 Å². The zero-order valence-electron chi connectivity index (χ0n) is 16.8. The lowest BCUT2D eigenvalue weighted by Gasteiger charge is -2.12. The molecule has 154 valence electrons. The standard InChI is InChI=1S/C26H20FNO3/c1-17(29)28-25-15-12-19(16-24(25)27)23-9-5-8-22(26(23)30)18-10-13-21(14-11-18)31-20-6-3-2-4-7-20/h2-16,30H,1H3,(H,28,29). The van der Waals surface area contributed by atoms with Crippen LogP contribution in [0.15, 0.2) is 91.0 Å². The van der Waals surface area contributed by atoms with Crippen molar-refractivity contribution in [3.8, 4) is 39.5 Å². The Kier molecular flexibility index (Phi) is 5.67. The van der Waals surface area contributed by atoms with Crippen LogP contribution in [0.2, 0.25) is 0 Å². The van der Waals surface area contributed by atoms with Crippen LogP contribution in [0, 0.1) is 5.82 Å². The minimum absolute atomic E-state index is 0.0471. The number of aromatic hydroxyl groups is 1. The lowest BCUT2D eigenvalue weighted by molar-refractivity contribution is -0.114. The van der Waals surface area contributed by atoms with E-state index in [1.54, 1.807) is 24.3 Å². The molecule has 0 aromatic heterocycles. The van der Waals surface area contributed by atoms with E-state index in [-0.39, 0.29) is 17.3 Å². The van der Waals surface area contributed by atoms with E-state index >= 15 is 0 Å². The van der Waals surface area contributed by atoms with Crippen molar-refractivity contribution in [2.24, 2.45) is 0 Å². The third-order valence-electron chi connectivity index (χ3n) is 4.77. The number of carbonyl (C=O) groups excluding carboxylic acids is 1. The van der Waals surface area contributed by atoms with Gasteiger partial charge in [0.15, 0.2) is 0 Å². The van der Waals surface area contributed by atoms with Crippen LogP contribution in [-0.2, 0) is 4.79 Å². The van der Waals surface area contributed by atoms with Gasteiger partial charge in [-0.15, -0.1) is 0 Å². The van der Waals surface area contributed by atoms with E-state index < -0.39 is 5.82 Å². The first-order valence-electron chi connectivity index (χ1n) is 9.74. The van der Waals surface area contributed by atoms with Crippen molar-refractivity contribution in [3.05, 3.63) is 96.8 Å². The van der Waals surface area contributed by atoms with Gasteiger partial charge in [-0.3, -0.25) is 4.79 Å². The molecule has 2 N–H and O–H groups in total. The molecule has 0 atom stereocenters. The van der Waals surface area contributed by atoms with Gasteiger partial charge in [0.1, 0.15) is 23.1 Å². The van der Waals surface area contributed by atoms with E-state index in [1.807, 2.05) is 54.6 Å². The zero-order chi connectivity index (χ0) is 21.8. The fourth-order valence-corrected chi connectivity index (χ4v) is 3.31. The molecule has 0 fully saturated rings. The molecule has 4 aromatic carbocycles. The minimum atomic E-state index is -0.570. The molecule has 0 spiro atoms. The first-order chi connectivity index (χ1) is 15.0. The van der Waals surface area contributed by atoms with Crippen LogP contribution in [0.3, 0.4) is 0 Å². The maximum atomic E-state index is 14.4. The van der Waals surface area contributed by atoms with E-state index in [2.05, 4.69) is 5.32 Å². The summed E-state index contributed by atoms with van der Waals surface area (Å²) < 4.78 is 20.2. The second kappa shape index (κ2) is 8.71. The molecule has 0 unspecified atom stereocenters. The van der Waals surface area contributed by atoms with Gasteiger partial charge in [-0.2, -0.15) is 0 Å². The average Bonchev–Trinajstić information content (AvgIpc) is 2.77. The SMILES string of the molecule is CC(=O)Nc1ccc(-c2cccc(-c3ccc(Oc4ccccc4)cc3)c2O)cc1F. The number of amides is 1. The van der Waals surface area contributed by atoms with Crippen LogP contribution in [0.1, 0.15) is 6.92 Å². The van der Waals surface area contributed by atoms with Crippen LogP contribution in [0.4, 0.5) is 10.1 Å². The van der Waals surface area contributed by atoms with Gasteiger partial charge in [-0.25, -0.2) is 4.39 Å². The predicted octanol–water partition coefficient (Wildman–Crippen LogP) is 6.62. The summed E-state index contributed by atoms with van der Waals surface area (Å²) >= 11 is 0. The highest BCUT2D eigenvalue weighted by atomic mass is 19.1. The van der Waals surface area contributed by atoms with Crippen LogP contribution in [-0.4, -0.2) is 11.0 Å². The maximum absolute atomic E-state index is 14.4. The topological polar surface area (TPSA) is 58.6 Å². The Bertz CT molecular complexity index is 1220. The second-order valence-corrected chi connectivity index (χ2v) is 7.02. The number of benzene rings is 4. The summed E-state index contributed by atoms with van der Waals surface area (Å²) in [7, 11) is 0. The van der Waals surface area contributed by atoms with E-state index in [0.717, 1.165) is 11.3 Å². The average molecular weight is 413 g/mol. The fraction of sp³-hybridized carbons (Fsp3) is 0.0385. The molecular weight excluding hydrogens is 393 g/mol. The van der Waals surface area contributed by atoms with Crippen molar-refractivity contribution in [1.29, 1.82) is 0 Å². The minimum Gasteiger partial charge on any atom is -0.507 e. The van der Waals surface area contributed by atoms with Crippen LogP contribution < -0.4 is 10.1 Å². The molecule has 31 heavy (non-hydrogen) atoms. The second-order valence-electron chi connectivity index (χ2n) is 7.02. The van der Waals surface area contributed by atoms with Crippen molar-refractivity contribution in [1.82, 2.24) is 0 Å². The lowest BCUT2D eigenvalue weighted by atomic mass is 9.97. The number of anilines is 1. The Labute approximate surface area is 179 Å². The van der Waals surface area contributed by atoms with Crippen molar-refractivity contribution in [2.45, 2.75) is 6.92 Å². The molecule has 0 radical (unpaired) electrons. The van der Waals surface area contributed by atoms with Gasteiger partial charge in [-0.05, 0) is 47.5 Å². The summed E-state index contributed by atoms with van der Waals surface area (Å²) in [6.07, 6.45) is 0. The highest BCUT2D eigenvalue weighted by Crippen LogP contribution is 2.39. The molecule has 0 aliphatic carbocycles. The predicted molar refractivity (Wildman–Crippen MR) is 120 cm³/mol. The molecule has 4 aromatic rings. The number of ether oxygens (including phenoxy) is 1. The third kappa shape index (κ3) is 4.56. The molecular formula is C26H20FNO3. The van der Waals surface area contributed by atoms with Gasteiger partial charge >= 0.3 is 0 Å². The molecule has 5 heteroatoms. The number of carbonyl (C=O) groups is 1. The van der Waals surface area contributed by atoms with E-state index in [4.69, 9.17) is 4.74 Å². The number of halogens is 1. The fourth-order valence-electron chi connectivity index (χ4n) is 3.31. The molecule has 0 aliphatic heterocycles. The van der Waals surface area contributed by atoms with Crippen LogP contribution in [0.25, 0.3) is 22.3 Å². The number of rotatable bonds is 5. The summed E-state index contributed by atoms with van der Waals surface area (Å²) in [5.74, 6) is 0.549. The number of hydrogen-bond acceptors (Lipinski definition) is 3. The smallest absolute Gasteiger partial charge is 0.221 e. The lowest BCUT2D eigenvalue weighted by Crippen LogP contribution is -2.07. The molecule has 1 amide bonds. The first kappa shape index (κ1) is 20.2. The highest BCUT2D eigenvalue weighted by molar-refractivity contribution is 5.89. The van der Waals surface area contributed by atoms with Gasteiger partial charge in [0.25, 0.3) is 0 Å². The van der Waals surface area contributed by atoms with Crippen molar-refractivity contribution in [3.63, 3.8) is 0 Å². The Morgan fingerprint density at radius 1 is 0.806 bits per heavy atom. The van der Waals surface area contributed by atoms with Crippen molar-refractivity contribution in [2.75, 3.05) is 5.32 Å². The van der Waals surface area contributed by atoms with E-state index in [0.29, 0.717) is 22.4 Å². The normalized spacial score (nSPS) is 10.5. The Morgan fingerprint density at radius 3 is 2.06 bits per heavy atom. The van der Waals surface area contributed by atoms with Crippen molar-refractivity contribution >= 4 is 11.6 Å². The monoisotopic (exact) mass is 413 g/mol. The molecule has 4 nitrogen and oxygen atoms in total. The van der Waals surface area contributed by atoms with Crippen LogP contribution in [0.5, 0.6) is 17.2 Å². The van der Waals surface area contributed by atoms with Gasteiger partial charge < -0.3 is 15.2 Å². The molecule has 0 heterocycles. The Hall–Kier alpha value is -4.12. The Morgan fingerprint density at radius 2 is 1.42 bits per heavy atom. The molecule has 4 rings (SSSR count). The maximum Gasteiger partial charge on any atom is 0.221 e. The molecule has 0 saturated carbocycles. The highest BCUT2D eigenvalue weighted by Gasteiger charge is 2.13. The number of phenols is 1.